The minimum Gasteiger partial charge on any atom is -0.496 e. The second-order valence-electron chi connectivity index (χ2n) is 6.96. The van der Waals surface area contributed by atoms with Crippen LogP contribution in [0.5, 0.6) is 11.5 Å². The van der Waals surface area contributed by atoms with Crippen LogP contribution in [0.15, 0.2) is 42.7 Å². The molecule has 0 unspecified atom stereocenters. The third kappa shape index (κ3) is 3.95. The number of pyridine rings is 1. The smallest absolute Gasteiger partial charge is 0.141 e. The van der Waals surface area contributed by atoms with Gasteiger partial charge in [0.05, 0.1) is 24.9 Å². The first kappa shape index (κ1) is 19.7. The molecule has 7 heteroatoms. The van der Waals surface area contributed by atoms with Gasteiger partial charge in [-0.3, -0.25) is 4.90 Å². The lowest BCUT2D eigenvalue weighted by atomic mass is 10.0. The molecular formula is C22H23ClFN3O2. The van der Waals surface area contributed by atoms with Gasteiger partial charge in [0.2, 0.25) is 0 Å². The second-order valence-corrected chi connectivity index (χ2v) is 7.37. The van der Waals surface area contributed by atoms with Gasteiger partial charge < -0.3 is 13.9 Å². The average Bonchev–Trinajstić information content (AvgIpc) is 3.17. The number of fused-ring (bicyclic) bond motifs is 1. The Morgan fingerprint density at radius 2 is 2.00 bits per heavy atom. The van der Waals surface area contributed by atoms with E-state index in [2.05, 4.69) is 23.1 Å². The van der Waals surface area contributed by atoms with Gasteiger partial charge in [-0.05, 0) is 35.8 Å². The molecule has 0 amide bonds. The summed E-state index contributed by atoms with van der Waals surface area (Å²) in [4.78, 5) is 6.90. The molecule has 152 valence electrons. The van der Waals surface area contributed by atoms with Gasteiger partial charge in [-0.25, -0.2) is 9.37 Å². The predicted molar refractivity (Wildman–Crippen MR) is 114 cm³/mol. The van der Waals surface area contributed by atoms with Gasteiger partial charge in [0, 0.05) is 43.7 Å². The average molecular weight is 416 g/mol. The van der Waals surface area contributed by atoms with Crippen LogP contribution in [0.1, 0.15) is 12.0 Å². The number of methoxy groups -OCH3 is 2. The molecule has 0 radical (unpaired) electrons. The van der Waals surface area contributed by atoms with Crippen molar-refractivity contribution in [2.45, 2.75) is 6.42 Å². The largest absolute Gasteiger partial charge is 0.496 e. The molecule has 0 saturated carbocycles. The van der Waals surface area contributed by atoms with Crippen LogP contribution in [0.4, 0.5) is 4.39 Å². The first-order valence-corrected chi connectivity index (χ1v) is 9.89. The highest BCUT2D eigenvalue weighted by Gasteiger charge is 2.16. The van der Waals surface area contributed by atoms with Crippen LogP contribution in [0.3, 0.4) is 0 Å². The van der Waals surface area contributed by atoms with Crippen molar-refractivity contribution in [3.05, 3.63) is 53.3 Å². The molecule has 1 aliphatic heterocycles. The Bertz CT molecular complexity index is 1060. The molecule has 0 N–H and O–H groups in total. The molecule has 3 aromatic rings. The van der Waals surface area contributed by atoms with Crippen molar-refractivity contribution in [2.24, 2.45) is 0 Å². The van der Waals surface area contributed by atoms with Crippen LogP contribution >= 0.6 is 11.6 Å². The molecule has 0 spiro atoms. The molecule has 0 aliphatic carbocycles. The third-order valence-corrected chi connectivity index (χ3v) is 5.57. The minimum atomic E-state index is -0.301. The Kier molecular flexibility index (Phi) is 5.74. The molecule has 29 heavy (non-hydrogen) atoms. The first-order valence-electron chi connectivity index (χ1n) is 9.51. The van der Waals surface area contributed by atoms with Gasteiger partial charge >= 0.3 is 0 Å². The standard InChI is InChI=1S/C22H23ClFN3O2/c1-28-20-13-21(29-2)18(23)12-17(20)19-14-27-9-5-16(11-22(27)25-19)15-3-7-26(8-4-15)10-6-24/h3,5,9,11-14H,4,6-8,10H2,1-2H3. The van der Waals surface area contributed by atoms with Gasteiger partial charge in [-0.15, -0.1) is 0 Å². The fraction of sp³-hybridized carbons (Fsp3) is 0.318. The van der Waals surface area contributed by atoms with Gasteiger partial charge in [0.1, 0.15) is 23.8 Å². The lowest BCUT2D eigenvalue weighted by Gasteiger charge is -2.25. The number of hydrogen-bond donors (Lipinski definition) is 0. The fourth-order valence-electron chi connectivity index (χ4n) is 3.67. The summed E-state index contributed by atoms with van der Waals surface area (Å²) in [5, 5.41) is 0.506. The van der Waals surface area contributed by atoms with Crippen molar-refractivity contribution in [1.29, 1.82) is 0 Å². The third-order valence-electron chi connectivity index (χ3n) is 5.27. The summed E-state index contributed by atoms with van der Waals surface area (Å²) in [7, 11) is 3.19. The van der Waals surface area contributed by atoms with Crippen LogP contribution in [-0.4, -0.2) is 54.8 Å². The Labute approximate surface area is 174 Å². The summed E-state index contributed by atoms with van der Waals surface area (Å²) in [5.41, 5.74) is 4.85. The number of alkyl halides is 1. The molecule has 1 aliphatic rings. The maximum Gasteiger partial charge on any atom is 0.141 e. The lowest BCUT2D eigenvalue weighted by molar-refractivity contribution is 0.270. The van der Waals surface area contributed by atoms with E-state index >= 15 is 0 Å². The van der Waals surface area contributed by atoms with E-state index in [0.717, 1.165) is 42.0 Å². The van der Waals surface area contributed by atoms with Crippen molar-refractivity contribution in [2.75, 3.05) is 40.5 Å². The Balaban J connectivity index is 1.67. The van der Waals surface area contributed by atoms with Crippen molar-refractivity contribution >= 4 is 22.8 Å². The number of aromatic nitrogens is 2. The molecule has 2 aromatic heterocycles. The Hall–Kier alpha value is -2.57. The van der Waals surface area contributed by atoms with Crippen molar-refractivity contribution < 1.29 is 13.9 Å². The summed E-state index contributed by atoms with van der Waals surface area (Å²) < 4.78 is 25.3. The molecular weight excluding hydrogens is 393 g/mol. The fourth-order valence-corrected chi connectivity index (χ4v) is 3.91. The lowest BCUT2D eigenvalue weighted by Crippen LogP contribution is -2.30. The zero-order valence-corrected chi connectivity index (χ0v) is 17.2. The second kappa shape index (κ2) is 8.43. The topological polar surface area (TPSA) is 39.0 Å². The van der Waals surface area contributed by atoms with E-state index in [4.69, 9.17) is 26.1 Å². The number of rotatable bonds is 6. The summed E-state index contributed by atoms with van der Waals surface area (Å²) in [5.74, 6) is 1.21. The van der Waals surface area contributed by atoms with Gasteiger partial charge in [-0.1, -0.05) is 17.7 Å². The molecule has 0 bridgehead atoms. The zero-order valence-electron chi connectivity index (χ0n) is 16.5. The van der Waals surface area contributed by atoms with E-state index in [-0.39, 0.29) is 6.67 Å². The quantitative estimate of drug-likeness (QED) is 0.583. The van der Waals surface area contributed by atoms with E-state index in [1.165, 1.54) is 5.57 Å². The van der Waals surface area contributed by atoms with Gasteiger partial charge in [-0.2, -0.15) is 0 Å². The first-order chi connectivity index (χ1) is 14.1. The zero-order chi connectivity index (χ0) is 20.4. The summed E-state index contributed by atoms with van der Waals surface area (Å²) in [6.45, 7) is 1.86. The van der Waals surface area contributed by atoms with E-state index in [1.54, 1.807) is 20.3 Å². The molecule has 0 atom stereocenters. The van der Waals surface area contributed by atoms with Crippen LogP contribution < -0.4 is 9.47 Å². The van der Waals surface area contributed by atoms with Crippen LogP contribution in [-0.2, 0) is 0 Å². The summed E-state index contributed by atoms with van der Waals surface area (Å²) in [6, 6.07) is 7.75. The Morgan fingerprint density at radius 1 is 1.17 bits per heavy atom. The van der Waals surface area contributed by atoms with Crippen molar-refractivity contribution in [3.8, 4) is 22.8 Å². The number of benzene rings is 1. The van der Waals surface area contributed by atoms with Gasteiger partial charge in [0.25, 0.3) is 0 Å². The number of halogens is 2. The van der Waals surface area contributed by atoms with Gasteiger partial charge in [0.15, 0.2) is 0 Å². The number of ether oxygens (including phenoxy) is 2. The molecule has 0 fully saturated rings. The number of imidazole rings is 1. The minimum absolute atomic E-state index is 0.301. The van der Waals surface area contributed by atoms with E-state index < -0.39 is 0 Å². The monoisotopic (exact) mass is 415 g/mol. The number of hydrogen-bond acceptors (Lipinski definition) is 4. The highest BCUT2D eigenvalue weighted by atomic mass is 35.5. The van der Waals surface area contributed by atoms with Crippen LogP contribution in [0.25, 0.3) is 22.5 Å². The number of nitrogens with zero attached hydrogens (tertiary/aromatic N) is 3. The van der Waals surface area contributed by atoms with E-state index in [0.29, 0.717) is 23.1 Å². The SMILES string of the molecule is COc1cc(OC)c(-c2cn3ccc(C4=CCN(CCF)CC4)cc3n2)cc1Cl. The predicted octanol–water partition coefficient (Wildman–Crippen LogP) is 4.73. The van der Waals surface area contributed by atoms with Crippen molar-refractivity contribution in [3.63, 3.8) is 0 Å². The highest BCUT2D eigenvalue weighted by molar-refractivity contribution is 6.32. The molecule has 3 heterocycles. The normalized spacial score (nSPS) is 14.8. The van der Waals surface area contributed by atoms with Crippen LogP contribution in [0, 0.1) is 0 Å². The molecule has 5 nitrogen and oxygen atoms in total. The Morgan fingerprint density at radius 3 is 2.69 bits per heavy atom. The molecule has 1 aromatic carbocycles. The maximum atomic E-state index is 12.5. The van der Waals surface area contributed by atoms with Crippen molar-refractivity contribution in [1.82, 2.24) is 14.3 Å². The molecule has 4 rings (SSSR count). The molecule has 0 saturated heterocycles. The summed E-state index contributed by atoms with van der Waals surface area (Å²) in [6.07, 6.45) is 7.05. The van der Waals surface area contributed by atoms with Crippen LogP contribution in [0.2, 0.25) is 5.02 Å². The maximum absolute atomic E-state index is 12.5. The van der Waals surface area contributed by atoms with E-state index in [9.17, 15) is 4.39 Å². The highest BCUT2D eigenvalue weighted by Crippen LogP contribution is 2.38. The summed E-state index contributed by atoms with van der Waals surface area (Å²) >= 11 is 6.32. The van der Waals surface area contributed by atoms with E-state index in [1.807, 2.05) is 22.9 Å².